The van der Waals surface area contributed by atoms with Crippen LogP contribution < -0.4 is 43.4 Å². The quantitative estimate of drug-likeness (QED) is 0.0712. The van der Waals surface area contributed by atoms with Crippen LogP contribution in [0.4, 0.5) is 0 Å². The largest absolute Gasteiger partial charge is 0.370 e. The first kappa shape index (κ1) is 42.9. The standard InChI is InChI=1S/C37H57N11O6/c1-2-3-4-8-15-32(50)45-28-16-17-31(49)41-18-9-10-19-42-33(51)27(14-11-20-43-37(38)39)46-35(53)29(21-25-12-6-5-7-13-25)47-36(54)30(48-34(28)52)22-26-23-40-24-44-26/h5-7,12-13,23-24,27-30H,2-4,8-11,14-22H2,1H3,(H,40,44)(H,41,49)(H,42,51)(H,45,50)(H,46,53)(H,47,54)(H,48,52)(H4,38,39,43)/t27-,28-,29+,30-/m0/s1. The zero-order valence-corrected chi connectivity index (χ0v) is 31.2. The maximum atomic E-state index is 14.1. The fourth-order valence-electron chi connectivity index (χ4n) is 5.90. The van der Waals surface area contributed by atoms with Crippen molar-refractivity contribution in [2.45, 2.75) is 115 Å². The molecule has 17 heteroatoms. The predicted molar refractivity (Wildman–Crippen MR) is 203 cm³/mol. The van der Waals surface area contributed by atoms with Gasteiger partial charge in [0.05, 0.1) is 6.33 Å². The maximum Gasteiger partial charge on any atom is 0.243 e. The van der Waals surface area contributed by atoms with Gasteiger partial charge in [-0.05, 0) is 44.1 Å². The van der Waals surface area contributed by atoms with E-state index in [0.29, 0.717) is 44.5 Å². The Bertz CT molecular complexity index is 1520. The number of rotatable bonds is 14. The van der Waals surface area contributed by atoms with E-state index in [-0.39, 0.29) is 62.8 Å². The Kier molecular flexibility index (Phi) is 19.0. The molecule has 0 saturated carbocycles. The van der Waals surface area contributed by atoms with Crippen LogP contribution in [-0.4, -0.2) is 95.2 Å². The van der Waals surface area contributed by atoms with Gasteiger partial charge in [0.1, 0.15) is 24.2 Å². The molecule has 2 heterocycles. The molecule has 296 valence electrons. The van der Waals surface area contributed by atoms with E-state index < -0.39 is 47.8 Å². The van der Waals surface area contributed by atoms with Gasteiger partial charge in [0.25, 0.3) is 0 Å². The minimum Gasteiger partial charge on any atom is -0.370 e. The third-order valence-corrected chi connectivity index (χ3v) is 8.90. The van der Waals surface area contributed by atoms with Crippen molar-refractivity contribution in [3.8, 4) is 0 Å². The molecule has 0 radical (unpaired) electrons. The average molecular weight is 752 g/mol. The number of unbranched alkanes of at least 4 members (excludes halogenated alkanes) is 3. The van der Waals surface area contributed by atoms with Crippen LogP contribution >= 0.6 is 0 Å². The van der Waals surface area contributed by atoms with Crippen molar-refractivity contribution in [2.24, 2.45) is 16.5 Å². The summed E-state index contributed by atoms with van der Waals surface area (Å²) < 4.78 is 0. The Morgan fingerprint density at radius 3 is 2.20 bits per heavy atom. The molecule has 4 atom stereocenters. The van der Waals surface area contributed by atoms with E-state index in [1.165, 1.54) is 12.5 Å². The van der Waals surface area contributed by atoms with Crippen molar-refractivity contribution in [1.29, 1.82) is 0 Å². The Hall–Kier alpha value is -5.48. The molecule has 1 aliphatic heterocycles. The van der Waals surface area contributed by atoms with E-state index in [1.807, 2.05) is 18.2 Å². The number of carbonyl (C=O) groups excluding carboxylic acids is 6. The highest BCUT2D eigenvalue weighted by Gasteiger charge is 2.32. The number of guanidine groups is 1. The first-order valence-electron chi connectivity index (χ1n) is 18.9. The van der Waals surface area contributed by atoms with E-state index in [2.05, 4.69) is 53.8 Å². The predicted octanol–water partition coefficient (Wildman–Crippen LogP) is -0.0355. The molecule has 6 amide bonds. The number of amides is 6. The van der Waals surface area contributed by atoms with Gasteiger partial charge < -0.3 is 48.4 Å². The Morgan fingerprint density at radius 2 is 1.52 bits per heavy atom. The number of nitrogens with one attached hydrogen (secondary N) is 7. The molecule has 11 N–H and O–H groups in total. The van der Waals surface area contributed by atoms with Gasteiger partial charge in [0.2, 0.25) is 35.4 Å². The zero-order chi connectivity index (χ0) is 39.1. The van der Waals surface area contributed by atoms with Gasteiger partial charge in [0, 0.05) is 57.2 Å². The van der Waals surface area contributed by atoms with Gasteiger partial charge in [-0.2, -0.15) is 0 Å². The molecule has 0 bridgehead atoms. The summed E-state index contributed by atoms with van der Waals surface area (Å²) in [5, 5.41) is 16.8. The van der Waals surface area contributed by atoms with Crippen LogP contribution in [0.5, 0.6) is 0 Å². The van der Waals surface area contributed by atoms with Crippen molar-refractivity contribution >= 4 is 41.4 Å². The number of aromatic amines is 1. The lowest BCUT2D eigenvalue weighted by atomic mass is 10.0. The number of benzene rings is 1. The highest BCUT2D eigenvalue weighted by Crippen LogP contribution is 2.10. The molecule has 17 nitrogen and oxygen atoms in total. The summed E-state index contributed by atoms with van der Waals surface area (Å²) >= 11 is 0. The molecule has 0 aliphatic carbocycles. The number of carbonyl (C=O) groups is 6. The SMILES string of the molecule is CCCCCCC(=O)N[C@H]1CCC(=O)NCCCCNC(=O)[C@H](CCCN=C(N)N)NC(=O)[C@@H](Cc2ccccc2)NC(=O)[C@H](Cc2cnc[nH]2)NC1=O. The molecule has 0 spiro atoms. The number of hydrogen-bond acceptors (Lipinski definition) is 8. The minimum absolute atomic E-state index is 0.00354. The van der Waals surface area contributed by atoms with Crippen molar-refractivity contribution in [2.75, 3.05) is 19.6 Å². The third kappa shape index (κ3) is 16.5. The van der Waals surface area contributed by atoms with Crippen LogP contribution in [0.2, 0.25) is 0 Å². The number of imidazole rings is 1. The second-order valence-corrected chi connectivity index (χ2v) is 13.4. The summed E-state index contributed by atoms with van der Waals surface area (Å²) in [6.45, 7) is 2.93. The summed E-state index contributed by atoms with van der Waals surface area (Å²) in [6, 6.07) is 4.62. The number of nitrogens with zero attached hydrogens (tertiary/aromatic N) is 2. The van der Waals surface area contributed by atoms with Crippen molar-refractivity contribution < 1.29 is 28.8 Å². The van der Waals surface area contributed by atoms with Crippen LogP contribution in [0.15, 0.2) is 47.8 Å². The second kappa shape index (κ2) is 24.0. The molecular formula is C37H57N11O6. The molecule has 3 rings (SSSR count). The number of nitrogens with two attached hydrogens (primary N) is 2. The van der Waals surface area contributed by atoms with E-state index in [0.717, 1.165) is 24.8 Å². The number of aliphatic imine (C=N–C) groups is 1. The Labute approximate surface area is 316 Å². The molecule has 1 aromatic heterocycles. The summed E-state index contributed by atoms with van der Waals surface area (Å²) in [4.78, 5) is 92.0. The minimum atomic E-state index is -1.22. The average Bonchev–Trinajstić information content (AvgIpc) is 3.67. The Morgan fingerprint density at radius 1 is 0.833 bits per heavy atom. The van der Waals surface area contributed by atoms with E-state index >= 15 is 0 Å². The summed E-state index contributed by atoms with van der Waals surface area (Å²) in [6.07, 6.45) is 8.38. The monoisotopic (exact) mass is 751 g/mol. The number of H-pyrrole nitrogens is 1. The highest BCUT2D eigenvalue weighted by molar-refractivity contribution is 5.96. The van der Waals surface area contributed by atoms with Crippen molar-refractivity contribution in [1.82, 2.24) is 41.9 Å². The highest BCUT2D eigenvalue weighted by atomic mass is 16.2. The van der Waals surface area contributed by atoms with Gasteiger partial charge in [-0.1, -0.05) is 56.5 Å². The molecule has 1 fully saturated rings. The topological polar surface area (TPSA) is 268 Å². The van der Waals surface area contributed by atoms with Crippen LogP contribution in [0.25, 0.3) is 0 Å². The van der Waals surface area contributed by atoms with Gasteiger partial charge in [-0.15, -0.1) is 0 Å². The lowest BCUT2D eigenvalue weighted by Crippen LogP contribution is -2.59. The van der Waals surface area contributed by atoms with Crippen LogP contribution in [0.3, 0.4) is 0 Å². The molecule has 54 heavy (non-hydrogen) atoms. The van der Waals surface area contributed by atoms with E-state index in [9.17, 15) is 28.8 Å². The fourth-order valence-corrected chi connectivity index (χ4v) is 5.90. The lowest BCUT2D eigenvalue weighted by molar-refractivity contribution is -0.135. The van der Waals surface area contributed by atoms with Gasteiger partial charge in [0.15, 0.2) is 5.96 Å². The number of aromatic nitrogens is 2. The van der Waals surface area contributed by atoms with Gasteiger partial charge in [-0.3, -0.25) is 33.8 Å². The van der Waals surface area contributed by atoms with Crippen LogP contribution in [-0.2, 0) is 41.6 Å². The van der Waals surface area contributed by atoms with Gasteiger partial charge >= 0.3 is 0 Å². The third-order valence-electron chi connectivity index (χ3n) is 8.90. The molecular weight excluding hydrogens is 694 g/mol. The lowest BCUT2D eigenvalue weighted by Gasteiger charge is -2.27. The summed E-state index contributed by atoms with van der Waals surface area (Å²) in [7, 11) is 0. The normalized spacial score (nSPS) is 21.0. The van der Waals surface area contributed by atoms with Crippen molar-refractivity contribution in [3.05, 3.63) is 54.1 Å². The summed E-state index contributed by atoms with van der Waals surface area (Å²) in [5.41, 5.74) is 12.2. The number of hydrogen-bond donors (Lipinski definition) is 9. The van der Waals surface area contributed by atoms with E-state index in [4.69, 9.17) is 11.5 Å². The van der Waals surface area contributed by atoms with Gasteiger partial charge in [-0.25, -0.2) is 4.98 Å². The van der Waals surface area contributed by atoms with Crippen LogP contribution in [0, 0.1) is 0 Å². The van der Waals surface area contributed by atoms with E-state index in [1.54, 1.807) is 12.1 Å². The zero-order valence-electron chi connectivity index (χ0n) is 31.2. The fraction of sp³-hybridized carbons (Fsp3) is 0.568. The first-order valence-corrected chi connectivity index (χ1v) is 18.9. The molecule has 0 unspecified atom stereocenters. The molecule has 2 aromatic rings. The summed E-state index contributed by atoms with van der Waals surface area (Å²) in [5.74, 6) is -3.08. The second-order valence-electron chi connectivity index (χ2n) is 13.4. The molecule has 1 saturated heterocycles. The first-order chi connectivity index (χ1) is 26.0. The maximum absolute atomic E-state index is 14.1. The van der Waals surface area contributed by atoms with Crippen LogP contribution in [0.1, 0.15) is 88.8 Å². The molecule has 1 aliphatic rings. The molecule has 1 aromatic carbocycles. The van der Waals surface area contributed by atoms with Crippen molar-refractivity contribution in [3.63, 3.8) is 0 Å². The smallest absolute Gasteiger partial charge is 0.243 e. The Balaban J connectivity index is 1.93.